The van der Waals surface area contributed by atoms with Crippen LogP contribution in [0.15, 0.2) is 23.2 Å². The zero-order chi connectivity index (χ0) is 17.0. The summed E-state index contributed by atoms with van der Waals surface area (Å²) in [5.74, 6) is 2.26. The van der Waals surface area contributed by atoms with Crippen LogP contribution in [0.2, 0.25) is 0 Å². The number of hydrogen-bond acceptors (Lipinski definition) is 3. The molecule has 1 aromatic carbocycles. The predicted octanol–water partition coefficient (Wildman–Crippen LogP) is 3.59. The summed E-state index contributed by atoms with van der Waals surface area (Å²) in [5.41, 5.74) is 7.43. The van der Waals surface area contributed by atoms with Crippen LogP contribution >= 0.6 is 24.0 Å². The number of nitrogens with zero attached hydrogens (tertiary/aromatic N) is 1. The molecule has 140 valence electrons. The summed E-state index contributed by atoms with van der Waals surface area (Å²) >= 11 is 0. The Morgan fingerprint density at radius 3 is 2.60 bits per heavy atom. The molecule has 1 heterocycles. The lowest BCUT2D eigenvalue weighted by Gasteiger charge is -2.30. The zero-order valence-corrected chi connectivity index (χ0v) is 17.5. The smallest absolute Gasteiger partial charge is 0.188 e. The molecule has 0 amide bonds. The second-order valence-corrected chi connectivity index (χ2v) is 7.00. The molecule has 3 N–H and O–H groups in total. The summed E-state index contributed by atoms with van der Waals surface area (Å²) < 4.78 is 11.4. The summed E-state index contributed by atoms with van der Waals surface area (Å²) in [5, 5.41) is 3.26. The van der Waals surface area contributed by atoms with Crippen molar-refractivity contribution in [2.24, 2.45) is 10.7 Å². The van der Waals surface area contributed by atoms with Crippen LogP contribution in [0.4, 0.5) is 0 Å². The molecule has 1 atom stereocenters. The Labute approximate surface area is 167 Å². The molecule has 3 rings (SSSR count). The quantitative estimate of drug-likeness (QED) is 0.401. The number of ether oxygens (including phenoxy) is 2. The van der Waals surface area contributed by atoms with Crippen LogP contribution in [0.5, 0.6) is 11.5 Å². The van der Waals surface area contributed by atoms with Gasteiger partial charge in [0.05, 0.1) is 6.54 Å². The minimum absolute atomic E-state index is 0. The van der Waals surface area contributed by atoms with E-state index in [2.05, 4.69) is 36.3 Å². The Kier molecular flexibility index (Phi) is 7.22. The Morgan fingerprint density at radius 1 is 1.24 bits per heavy atom. The van der Waals surface area contributed by atoms with Gasteiger partial charge in [0.15, 0.2) is 17.5 Å². The number of fused-ring (bicyclic) bond motifs is 1. The monoisotopic (exact) mass is 459 g/mol. The van der Waals surface area contributed by atoms with Gasteiger partial charge in [0.25, 0.3) is 0 Å². The molecule has 1 aliphatic carbocycles. The normalized spacial score (nSPS) is 19.8. The molecule has 6 heteroatoms. The van der Waals surface area contributed by atoms with Gasteiger partial charge in [-0.05, 0) is 43.9 Å². The maximum absolute atomic E-state index is 6.07. The lowest BCUT2D eigenvalue weighted by molar-refractivity contribution is 0.171. The molecule has 0 spiro atoms. The van der Waals surface area contributed by atoms with E-state index in [1.807, 2.05) is 6.07 Å². The van der Waals surface area contributed by atoms with Gasteiger partial charge in [0, 0.05) is 11.5 Å². The Bertz CT molecular complexity index is 600. The summed E-state index contributed by atoms with van der Waals surface area (Å²) in [4.78, 5) is 4.67. The molecular weight excluding hydrogens is 429 g/mol. The average molecular weight is 459 g/mol. The number of benzene rings is 1. The highest BCUT2D eigenvalue weighted by Crippen LogP contribution is 2.44. The van der Waals surface area contributed by atoms with E-state index in [0.717, 1.165) is 37.3 Å². The number of guanidine groups is 1. The van der Waals surface area contributed by atoms with Crippen LogP contribution in [0.1, 0.15) is 51.5 Å². The van der Waals surface area contributed by atoms with Crippen LogP contribution in [0, 0.1) is 0 Å². The van der Waals surface area contributed by atoms with Gasteiger partial charge >= 0.3 is 0 Å². The van der Waals surface area contributed by atoms with Crippen LogP contribution < -0.4 is 20.5 Å². The van der Waals surface area contributed by atoms with Crippen LogP contribution in [-0.4, -0.2) is 31.8 Å². The van der Waals surface area contributed by atoms with Gasteiger partial charge in [0.1, 0.15) is 13.2 Å². The predicted molar refractivity (Wildman–Crippen MR) is 112 cm³/mol. The number of halogens is 1. The third-order valence-electron chi connectivity index (χ3n) is 5.27. The maximum Gasteiger partial charge on any atom is 0.188 e. The molecule has 1 aliphatic heterocycles. The van der Waals surface area contributed by atoms with Gasteiger partial charge < -0.3 is 20.5 Å². The second-order valence-electron chi connectivity index (χ2n) is 7.00. The molecule has 1 aromatic rings. The average Bonchev–Trinajstić information content (AvgIpc) is 3.09. The third-order valence-corrected chi connectivity index (χ3v) is 5.27. The molecule has 1 fully saturated rings. The standard InChI is InChI=1S/C19H29N3O2.HI/c1-3-14(2)22-18(20)21-13-19(8-4-5-9-19)15-6-7-16-17(12-15)24-11-10-23-16;/h6-7,12,14H,3-5,8-11,13H2,1-2H3,(H3,20,21,22);1H. The Morgan fingerprint density at radius 2 is 1.92 bits per heavy atom. The van der Waals surface area contributed by atoms with Crippen molar-refractivity contribution < 1.29 is 9.47 Å². The van der Waals surface area contributed by atoms with Crippen molar-refractivity contribution >= 4 is 29.9 Å². The number of aliphatic imine (C=N–C) groups is 1. The fourth-order valence-electron chi connectivity index (χ4n) is 3.60. The van der Waals surface area contributed by atoms with E-state index >= 15 is 0 Å². The van der Waals surface area contributed by atoms with Gasteiger partial charge in [-0.15, -0.1) is 24.0 Å². The fourth-order valence-corrected chi connectivity index (χ4v) is 3.60. The fraction of sp³-hybridized carbons (Fsp3) is 0.632. The van der Waals surface area contributed by atoms with Gasteiger partial charge in [0.2, 0.25) is 0 Å². The Balaban J connectivity index is 0.00000225. The van der Waals surface area contributed by atoms with Crippen molar-refractivity contribution in [1.29, 1.82) is 0 Å². The van der Waals surface area contributed by atoms with E-state index < -0.39 is 0 Å². The molecule has 25 heavy (non-hydrogen) atoms. The van der Waals surface area contributed by atoms with Gasteiger partial charge in [-0.3, -0.25) is 4.99 Å². The van der Waals surface area contributed by atoms with Crippen molar-refractivity contribution in [2.75, 3.05) is 19.8 Å². The summed E-state index contributed by atoms with van der Waals surface area (Å²) in [6.07, 6.45) is 5.80. The number of nitrogens with two attached hydrogens (primary N) is 1. The van der Waals surface area contributed by atoms with Gasteiger partial charge in [-0.25, -0.2) is 0 Å². The molecule has 1 saturated carbocycles. The second kappa shape index (κ2) is 8.96. The van der Waals surface area contributed by atoms with Crippen molar-refractivity contribution in [3.8, 4) is 11.5 Å². The molecule has 0 bridgehead atoms. The third kappa shape index (κ3) is 4.71. The van der Waals surface area contributed by atoms with E-state index in [4.69, 9.17) is 15.2 Å². The first-order chi connectivity index (χ1) is 11.6. The first kappa shape index (κ1) is 20.1. The molecule has 0 aromatic heterocycles. The molecule has 0 radical (unpaired) electrons. The maximum atomic E-state index is 6.07. The van der Waals surface area contributed by atoms with E-state index in [9.17, 15) is 0 Å². The number of rotatable bonds is 5. The molecule has 2 aliphatic rings. The lowest BCUT2D eigenvalue weighted by Crippen LogP contribution is -2.39. The summed E-state index contributed by atoms with van der Waals surface area (Å²) in [6.45, 7) is 6.22. The number of nitrogens with one attached hydrogen (secondary N) is 1. The van der Waals surface area contributed by atoms with E-state index in [0.29, 0.717) is 25.2 Å². The number of hydrogen-bond donors (Lipinski definition) is 2. The first-order valence-corrected chi connectivity index (χ1v) is 9.09. The molecule has 5 nitrogen and oxygen atoms in total. The highest BCUT2D eigenvalue weighted by atomic mass is 127. The topological polar surface area (TPSA) is 68.9 Å². The van der Waals surface area contributed by atoms with Gasteiger partial charge in [-0.2, -0.15) is 0 Å². The van der Waals surface area contributed by atoms with Crippen LogP contribution in [0.3, 0.4) is 0 Å². The minimum Gasteiger partial charge on any atom is -0.486 e. The van der Waals surface area contributed by atoms with Crippen molar-refractivity contribution in [1.82, 2.24) is 5.32 Å². The summed E-state index contributed by atoms with van der Waals surface area (Å²) in [7, 11) is 0. The largest absolute Gasteiger partial charge is 0.486 e. The van der Waals surface area contributed by atoms with E-state index in [1.165, 1.54) is 18.4 Å². The Hall–Kier alpha value is -1.18. The first-order valence-electron chi connectivity index (χ1n) is 9.09. The molecule has 1 unspecified atom stereocenters. The highest BCUT2D eigenvalue weighted by Gasteiger charge is 2.36. The van der Waals surface area contributed by atoms with Crippen LogP contribution in [0.25, 0.3) is 0 Å². The van der Waals surface area contributed by atoms with E-state index in [1.54, 1.807) is 0 Å². The van der Waals surface area contributed by atoms with Crippen LogP contribution in [-0.2, 0) is 5.41 Å². The summed E-state index contributed by atoms with van der Waals surface area (Å²) in [6, 6.07) is 6.71. The molecular formula is C19H30IN3O2. The zero-order valence-electron chi connectivity index (χ0n) is 15.2. The van der Waals surface area contributed by atoms with Crippen molar-refractivity contribution in [2.45, 2.75) is 57.4 Å². The minimum atomic E-state index is 0. The highest BCUT2D eigenvalue weighted by molar-refractivity contribution is 14.0. The lowest BCUT2D eigenvalue weighted by atomic mass is 9.79. The molecule has 0 saturated heterocycles. The van der Waals surface area contributed by atoms with E-state index in [-0.39, 0.29) is 29.4 Å². The SMILES string of the molecule is CCC(C)NC(N)=NCC1(c2ccc3c(c2)OCCO3)CCCC1.I. The van der Waals surface area contributed by atoms with Gasteiger partial charge in [-0.1, -0.05) is 25.8 Å². The van der Waals surface area contributed by atoms with Crippen molar-refractivity contribution in [3.63, 3.8) is 0 Å². The van der Waals surface area contributed by atoms with Crippen molar-refractivity contribution in [3.05, 3.63) is 23.8 Å².